The standard InChI is InChI=1S/C52H30O2.C42H24O2.C38H22S2/c1-2-13-34-31(12-1)28-29-46-50(34)51-38-16-4-3-14-36(38)44(30-47(51)53-46)49-41-19-7-5-17-39(41)48(40-18-6-8-20-42(40)49)33-26-24-32(25-27-33)35-21-11-22-43-37-15-9-10-23-45(37)54-52(35)43;1-2-11-26-23-39-36(22-25(26)10-1)29-21-20-27(24-38(29)43-39)40-30-13-3-5-15-32(30)41(33-16-6-4-14-31(33)40)35-18-9-17-34-28-12-7-8-19-37(28)44-42(34)35;1-2-14-26-25(13-1)35(31-19-9-17-29-23-11-5-7-21-33(23)39-37(29)31)27-15-3-4-16-28(27)36(26)32-20-10-18-30-24-12-6-8-22-34(24)40-38(30)32/h1-30H;1-24H;1-22H/i1D,2D,3D,4D,5D,6D,7D,8D,9D,10D,11D,12D,13D,14D,15D,16D,17D,18D,19D,20D,21D,22D,23D,24D,25D,26D,27D,28D,29D,30D;1D,2D,3D,4D,5D,6D,7D,8D,9D,10D,11D,12D,13D,14D,15D,16D,17D,18D,19D,20D,21D,22D,23D,24D;1D,2D,3D,4D,5D,6D,7D,8D,9D,10D,11D,12D,13D,14D,15D,16D,17D,18D,19D,20D,21D,22D. The van der Waals surface area contributed by atoms with Crippen molar-refractivity contribution in [3.05, 3.63) is 459 Å². The number of furan rings is 4. The average Bonchev–Trinajstić information content (AvgIpc) is 1.31. The molecule has 6 heteroatoms. The number of thiophene rings is 2. The molecule has 0 aliphatic carbocycles. The van der Waals surface area contributed by atoms with Gasteiger partial charge in [-0.2, -0.15) is 0 Å². The van der Waals surface area contributed by atoms with Crippen LogP contribution in [0, 0.1) is 0 Å². The highest BCUT2D eigenvalue weighted by molar-refractivity contribution is 7.26. The second kappa shape index (κ2) is 31.0. The molecule has 640 valence electrons. The zero-order valence-corrected chi connectivity index (χ0v) is 70.1. The minimum atomic E-state index is -1.12. The molecule has 0 aliphatic rings. The van der Waals surface area contributed by atoms with Gasteiger partial charge in [-0.25, -0.2) is 0 Å². The third-order valence-corrected chi connectivity index (χ3v) is 25.7. The predicted molar refractivity (Wildman–Crippen MR) is 590 cm³/mol. The van der Waals surface area contributed by atoms with Gasteiger partial charge >= 0.3 is 0 Å². The molecule has 0 unspecified atom stereocenters. The van der Waals surface area contributed by atoms with Crippen molar-refractivity contribution in [2.75, 3.05) is 0 Å². The van der Waals surface area contributed by atoms with Crippen LogP contribution in [0.25, 0.3) is 303 Å². The van der Waals surface area contributed by atoms with Gasteiger partial charge in [0.15, 0.2) is 0 Å². The van der Waals surface area contributed by atoms with Crippen molar-refractivity contribution in [1.82, 2.24) is 0 Å². The van der Waals surface area contributed by atoms with Crippen LogP contribution in [0.4, 0.5) is 0 Å². The van der Waals surface area contributed by atoms with Gasteiger partial charge in [0.2, 0.25) is 0 Å². The summed E-state index contributed by atoms with van der Waals surface area (Å²) in [6, 6.07) is -63.0. The van der Waals surface area contributed by atoms with E-state index in [9.17, 15) is 34.3 Å². The topological polar surface area (TPSA) is 52.6 Å². The monoisotopic (exact) mass is 1860 g/mol. The van der Waals surface area contributed by atoms with Crippen molar-refractivity contribution in [2.24, 2.45) is 0 Å². The zero-order valence-electron chi connectivity index (χ0n) is 144. The second-order valence-electron chi connectivity index (χ2n) is 30.6. The fraction of sp³-hybridized carbons (Fsp3) is 0. The van der Waals surface area contributed by atoms with E-state index in [-0.39, 0.29) is 56.9 Å². The quantitative estimate of drug-likeness (QED) is 0.149. The van der Waals surface area contributed by atoms with Gasteiger partial charge in [-0.05, 0) is 207 Å². The Balaban J connectivity index is 0.000000139. The first-order valence-corrected chi connectivity index (χ1v) is 42.6. The van der Waals surface area contributed by atoms with Gasteiger partial charge in [0.05, 0.1) is 104 Å². The molecule has 0 saturated heterocycles. The molecule has 0 radical (unpaired) electrons. The van der Waals surface area contributed by atoms with Gasteiger partial charge in [0.25, 0.3) is 0 Å². The third-order valence-electron chi connectivity index (χ3n) is 23.5. The Labute approximate surface area is 905 Å². The smallest absolute Gasteiger partial charge is 0.143 e. The summed E-state index contributed by atoms with van der Waals surface area (Å²) in [5, 5.41) is -14.9. The van der Waals surface area contributed by atoms with Crippen LogP contribution >= 0.6 is 22.7 Å². The predicted octanol–water partition coefficient (Wildman–Crippen LogP) is 39.4. The molecule has 138 heavy (non-hydrogen) atoms. The summed E-state index contributed by atoms with van der Waals surface area (Å²) in [4.78, 5) is 0. The van der Waals surface area contributed by atoms with Crippen LogP contribution in [-0.2, 0) is 0 Å². The van der Waals surface area contributed by atoms with Gasteiger partial charge in [-0.1, -0.05) is 399 Å². The molecular formula is C132H76O4S2. The van der Waals surface area contributed by atoms with E-state index < -0.39 is 705 Å². The summed E-state index contributed by atoms with van der Waals surface area (Å²) in [5.74, 6) is 0. The van der Waals surface area contributed by atoms with Crippen molar-refractivity contribution in [2.45, 2.75) is 0 Å². The van der Waals surface area contributed by atoms with Crippen molar-refractivity contribution in [3.63, 3.8) is 0 Å². The van der Waals surface area contributed by atoms with E-state index >= 15 is 0 Å². The number of hydrogen-bond donors (Lipinski definition) is 0. The van der Waals surface area contributed by atoms with Crippen LogP contribution in [0.3, 0.4) is 0 Å². The average molecular weight is 1870 g/mol. The largest absolute Gasteiger partial charge is 0.456 e. The highest BCUT2D eigenvalue weighted by Crippen LogP contribution is 2.55. The maximum absolute atomic E-state index is 10.1. The molecule has 0 spiro atoms. The highest BCUT2D eigenvalue weighted by Gasteiger charge is 2.28. The Morgan fingerprint density at radius 2 is 0.486 bits per heavy atom. The molecule has 31 aromatic rings. The zero-order chi connectivity index (χ0) is 156. The number of fused-ring (bicyclic) bond motifs is 29. The summed E-state index contributed by atoms with van der Waals surface area (Å²) in [7, 11) is 0. The first-order valence-electron chi connectivity index (χ1n) is 78.9. The molecule has 6 heterocycles. The van der Waals surface area contributed by atoms with E-state index in [1.165, 1.54) is 0 Å². The van der Waals surface area contributed by atoms with Crippen molar-refractivity contribution in [3.8, 4) is 77.9 Å². The van der Waals surface area contributed by atoms with Gasteiger partial charge in [0, 0.05) is 111 Å². The lowest BCUT2D eigenvalue weighted by molar-refractivity contribution is 0.669. The van der Waals surface area contributed by atoms with E-state index in [1.54, 1.807) is 0 Å². The Kier molecular flexibility index (Phi) is 7.68. The van der Waals surface area contributed by atoms with Crippen LogP contribution in [0.1, 0.15) is 104 Å². The van der Waals surface area contributed by atoms with Crippen molar-refractivity contribution in [1.29, 1.82) is 0 Å². The van der Waals surface area contributed by atoms with Crippen molar-refractivity contribution >= 4 is 248 Å². The molecule has 4 nitrogen and oxygen atoms in total. The summed E-state index contributed by atoms with van der Waals surface area (Å²) < 4.78 is 708. The minimum absolute atomic E-state index is 0.0848. The van der Waals surface area contributed by atoms with Gasteiger partial charge < -0.3 is 17.7 Å². The Morgan fingerprint density at radius 3 is 1.00 bits per heavy atom. The van der Waals surface area contributed by atoms with Crippen LogP contribution in [-0.4, -0.2) is 0 Å². The summed E-state index contributed by atoms with van der Waals surface area (Å²) in [6.07, 6.45) is 0. The van der Waals surface area contributed by atoms with E-state index in [0.717, 1.165) is 0 Å². The van der Waals surface area contributed by atoms with Crippen molar-refractivity contribution < 1.29 is 122 Å². The maximum atomic E-state index is 10.1. The van der Waals surface area contributed by atoms with E-state index in [4.69, 9.17) is 87.6 Å². The lowest BCUT2D eigenvalue weighted by Gasteiger charge is -2.19. The Bertz CT molecular complexity index is 15200. The minimum Gasteiger partial charge on any atom is -0.456 e. The number of rotatable bonds is 7. The fourth-order valence-corrected chi connectivity index (χ4v) is 19.9. The molecule has 0 saturated carbocycles. The molecule has 31 rings (SSSR count). The maximum Gasteiger partial charge on any atom is 0.143 e. The molecule has 0 atom stereocenters. The molecular weight excluding hydrogens is 1710 g/mol. The molecule has 6 aromatic heterocycles. The van der Waals surface area contributed by atoms with Gasteiger partial charge in [0.1, 0.15) is 44.7 Å². The van der Waals surface area contributed by atoms with Crippen LogP contribution in [0.2, 0.25) is 0 Å². The van der Waals surface area contributed by atoms with Gasteiger partial charge in [-0.15, -0.1) is 22.7 Å². The molecule has 0 N–H and O–H groups in total. The van der Waals surface area contributed by atoms with Crippen LogP contribution in [0.15, 0.2) is 477 Å². The Hall–Kier alpha value is -17.5. The summed E-state index contributed by atoms with van der Waals surface area (Å²) in [6.45, 7) is 0. The first-order chi connectivity index (χ1) is 100. The lowest BCUT2D eigenvalue weighted by Crippen LogP contribution is -1.92. The molecule has 0 amide bonds. The molecule has 25 aromatic carbocycles. The highest BCUT2D eigenvalue weighted by atomic mass is 32.1. The number of hydrogen-bond acceptors (Lipinski definition) is 6. The van der Waals surface area contributed by atoms with E-state index in [0.29, 0.717) is 22.7 Å². The van der Waals surface area contributed by atoms with Gasteiger partial charge in [-0.3, -0.25) is 0 Å². The SMILES string of the molecule is [2H]c1c([2H])c(-c2c3c([2H])c([2H])c([2H])c([2H])c3c(-c3c([2H])c4oc5c([2H])c([2H])c6c([2H])c([2H])c([2H])c([2H])c6c5c4c4c([2H])c([2H])c([2H])c([2H])c34)c3c([2H])c([2H])c([2H])c([2H])c23)c([2H])c([2H])c1-c1c([2H])c([2H])c([2H])c2c1oc1c([2H])c([2H])c([2H])c([2H])c12.[2H]c1c([2H])c([2H])c2c(oc3c(-c4c5c([2H])c([2H])c([2H])c([2H])c5c(-c5c([2H])c([2H])c6c(oc7c([2H])c8c([2H])c([2H])c([2H])c([2H])c8c([2H])c76)c5[2H])c5c([2H])c([2H])c([2H])c([2H])c45)c([2H])c([2H])c([2H])c32)c1[2H].[2H]c1c([2H])c([2H])c2c(sc3c(-c4c5c([2H])c([2H])c([2H])c([2H])c5c(-c5c([2H])c([2H])c([2H])c6c5sc5c([2H])c([2H])c([2H])c([2H])c56)c5c([2H])c([2H])c([2H])c([2H])c45)c([2H])c([2H])c([2H])c32)c1[2H]. The van der Waals surface area contributed by atoms with E-state index in [1.807, 2.05) is 0 Å². The lowest BCUT2D eigenvalue weighted by atomic mass is 9.84. The fourth-order valence-electron chi connectivity index (χ4n) is 17.8. The second-order valence-corrected chi connectivity index (χ2v) is 32.6. The first kappa shape index (κ1) is 34.1. The van der Waals surface area contributed by atoms with Crippen LogP contribution in [0.5, 0.6) is 0 Å². The Morgan fingerprint density at radius 1 is 0.152 bits per heavy atom. The normalized spacial score (nSPS) is 19.8. The van der Waals surface area contributed by atoms with E-state index in [2.05, 4.69) is 0 Å². The number of para-hydroxylation sites is 4. The summed E-state index contributed by atoms with van der Waals surface area (Å²) in [5.41, 5.74) is -13.7. The molecule has 0 aliphatic heterocycles. The van der Waals surface area contributed by atoms with Crippen LogP contribution < -0.4 is 0 Å². The third kappa shape index (κ3) is 12.0. The molecule has 0 fully saturated rings. The molecule has 0 bridgehead atoms. The number of benzene rings is 25. The summed E-state index contributed by atoms with van der Waals surface area (Å²) >= 11 is 1.39.